The number of nitrogens with one attached hydrogen (secondary N) is 1. The molecule has 180 valence electrons. The maximum atomic E-state index is 13.8. The largest absolute Gasteiger partial charge is 0.448 e. The number of ketones is 1. The molecule has 4 aliphatic rings. The lowest BCUT2D eigenvalue weighted by Crippen LogP contribution is -2.61. The zero-order valence-corrected chi connectivity index (χ0v) is 20.2. The van der Waals surface area contributed by atoms with E-state index in [1.807, 2.05) is 37.3 Å². The van der Waals surface area contributed by atoms with Crippen molar-refractivity contribution in [2.24, 2.45) is 23.7 Å². The van der Waals surface area contributed by atoms with Crippen LogP contribution in [0, 0.1) is 23.7 Å². The lowest BCUT2D eigenvalue weighted by molar-refractivity contribution is -0.181. The van der Waals surface area contributed by atoms with Gasteiger partial charge in [-0.1, -0.05) is 62.4 Å². The van der Waals surface area contributed by atoms with Crippen molar-refractivity contribution in [1.29, 1.82) is 0 Å². The summed E-state index contributed by atoms with van der Waals surface area (Å²) in [4.78, 5) is 39.5. The van der Waals surface area contributed by atoms with Crippen LogP contribution in [-0.4, -0.2) is 41.0 Å². The third-order valence-electron chi connectivity index (χ3n) is 8.58. The molecule has 1 aromatic carbocycles. The molecule has 0 aromatic heterocycles. The van der Waals surface area contributed by atoms with Crippen molar-refractivity contribution in [3.8, 4) is 0 Å². The Morgan fingerprint density at radius 3 is 2.59 bits per heavy atom. The Bertz CT molecular complexity index is 1080. The number of fused-ring (bicyclic) bond motifs is 2. The monoisotopic (exact) mass is 463 g/mol. The molecule has 0 unspecified atom stereocenters. The minimum Gasteiger partial charge on any atom is -0.448 e. The number of epoxide rings is 1. The van der Waals surface area contributed by atoms with Crippen molar-refractivity contribution in [3.63, 3.8) is 0 Å². The molecule has 1 aromatic rings. The van der Waals surface area contributed by atoms with Crippen LogP contribution in [-0.2, 0) is 30.3 Å². The van der Waals surface area contributed by atoms with Crippen molar-refractivity contribution in [1.82, 2.24) is 5.32 Å². The van der Waals surface area contributed by atoms with E-state index in [-0.39, 0.29) is 53.6 Å². The van der Waals surface area contributed by atoms with Crippen molar-refractivity contribution >= 4 is 17.7 Å². The molecule has 8 atom stereocenters. The predicted molar refractivity (Wildman–Crippen MR) is 127 cm³/mol. The van der Waals surface area contributed by atoms with Crippen LogP contribution in [0.4, 0.5) is 0 Å². The van der Waals surface area contributed by atoms with Gasteiger partial charge >= 0.3 is 5.97 Å². The topological polar surface area (TPSA) is 85.0 Å². The van der Waals surface area contributed by atoms with Gasteiger partial charge in [0.1, 0.15) is 0 Å². The molecule has 1 amide bonds. The van der Waals surface area contributed by atoms with Crippen molar-refractivity contribution in [2.75, 3.05) is 0 Å². The second-order valence-electron chi connectivity index (χ2n) is 10.6. The summed E-state index contributed by atoms with van der Waals surface area (Å²) in [5.74, 6) is -1.55. The highest BCUT2D eigenvalue weighted by Crippen LogP contribution is 2.63. The fourth-order valence-corrected chi connectivity index (χ4v) is 6.50. The van der Waals surface area contributed by atoms with E-state index in [0.29, 0.717) is 18.4 Å². The van der Waals surface area contributed by atoms with Gasteiger partial charge in [-0.2, -0.15) is 0 Å². The van der Waals surface area contributed by atoms with E-state index in [4.69, 9.17) is 9.47 Å². The summed E-state index contributed by atoms with van der Waals surface area (Å²) in [7, 11) is 0. The molecule has 1 spiro atoms. The molecular formula is C28H33NO5. The highest BCUT2D eigenvalue weighted by molar-refractivity contribution is 5.97. The molecule has 3 heterocycles. The number of rotatable bonds is 2. The quantitative estimate of drug-likeness (QED) is 0.412. The summed E-state index contributed by atoms with van der Waals surface area (Å²) in [5, 5.41) is 3.21. The number of carbonyl (C=O) groups is 3. The van der Waals surface area contributed by atoms with Gasteiger partial charge in [-0.25, -0.2) is 0 Å². The summed E-state index contributed by atoms with van der Waals surface area (Å²) >= 11 is 0. The smallest absolute Gasteiger partial charge is 0.310 e. The molecule has 5 rings (SSSR count). The summed E-state index contributed by atoms with van der Waals surface area (Å²) in [6, 6.07) is 9.89. The van der Waals surface area contributed by atoms with E-state index in [1.165, 1.54) is 0 Å². The average molecular weight is 464 g/mol. The molecule has 1 N–H and O–H groups in total. The second-order valence-corrected chi connectivity index (χ2v) is 10.6. The number of hydrogen-bond acceptors (Lipinski definition) is 5. The summed E-state index contributed by atoms with van der Waals surface area (Å²) in [6.07, 6.45) is 6.53. The lowest BCUT2D eigenvalue weighted by Gasteiger charge is -2.46. The zero-order valence-electron chi connectivity index (χ0n) is 20.2. The molecule has 1 aliphatic carbocycles. The van der Waals surface area contributed by atoms with E-state index in [0.717, 1.165) is 5.56 Å². The fraction of sp³-hybridized carbons (Fsp3) is 0.536. The Balaban J connectivity index is 1.58. The van der Waals surface area contributed by atoms with E-state index in [9.17, 15) is 14.4 Å². The van der Waals surface area contributed by atoms with Gasteiger partial charge in [0.05, 0.1) is 24.0 Å². The summed E-state index contributed by atoms with van der Waals surface area (Å²) in [6.45, 7) is 7.83. The first-order valence-electron chi connectivity index (χ1n) is 12.3. The third-order valence-corrected chi connectivity index (χ3v) is 8.58. The van der Waals surface area contributed by atoms with Crippen LogP contribution < -0.4 is 5.32 Å². The second kappa shape index (κ2) is 8.19. The number of ether oxygens (including phenoxy) is 2. The molecule has 0 radical (unpaired) electrons. The molecule has 2 saturated heterocycles. The predicted octanol–water partition coefficient (Wildman–Crippen LogP) is 3.55. The van der Waals surface area contributed by atoms with Crippen molar-refractivity contribution < 1.29 is 23.9 Å². The number of Topliss-reactive ketones (excluding diaryl/α,β-unsaturated/α-hetero) is 1. The SMILES string of the molecule is C/C1=C/CC(=O)O[C@]23C(=O)N[C@H](Cc4ccccc4)[C@@H]2[C@H](C)[C@]2(C)O[C@@H]2[C@@H]3/C=C\C[C@@H](C)C1=O. The van der Waals surface area contributed by atoms with Crippen LogP contribution in [0.1, 0.15) is 46.1 Å². The molecule has 1 saturated carbocycles. The number of hydrogen-bond donors (Lipinski definition) is 1. The number of amides is 1. The van der Waals surface area contributed by atoms with Crippen LogP contribution >= 0.6 is 0 Å². The summed E-state index contributed by atoms with van der Waals surface area (Å²) in [5.41, 5.74) is -0.0388. The minimum atomic E-state index is -1.33. The van der Waals surface area contributed by atoms with Gasteiger partial charge in [0.15, 0.2) is 5.78 Å². The first-order valence-corrected chi connectivity index (χ1v) is 12.3. The molecule has 3 fully saturated rings. The molecule has 3 aliphatic heterocycles. The molecule has 6 nitrogen and oxygen atoms in total. The Hall–Kier alpha value is -2.73. The van der Waals surface area contributed by atoms with E-state index < -0.39 is 17.5 Å². The van der Waals surface area contributed by atoms with Crippen molar-refractivity contribution in [3.05, 3.63) is 59.7 Å². The number of carbonyl (C=O) groups excluding carboxylic acids is 3. The molecule has 0 bridgehead atoms. The minimum absolute atomic E-state index is 0.00768. The van der Waals surface area contributed by atoms with E-state index >= 15 is 0 Å². The highest BCUT2D eigenvalue weighted by atomic mass is 16.6. The van der Waals surface area contributed by atoms with E-state index in [1.54, 1.807) is 13.0 Å². The van der Waals surface area contributed by atoms with Gasteiger partial charge in [0.25, 0.3) is 5.91 Å². The Morgan fingerprint density at radius 1 is 1.12 bits per heavy atom. The van der Waals surface area contributed by atoms with Gasteiger partial charge in [-0.15, -0.1) is 0 Å². The van der Waals surface area contributed by atoms with E-state index in [2.05, 4.69) is 31.3 Å². The van der Waals surface area contributed by atoms with Gasteiger partial charge in [-0.3, -0.25) is 14.4 Å². The summed E-state index contributed by atoms with van der Waals surface area (Å²) < 4.78 is 12.5. The lowest BCUT2D eigenvalue weighted by atomic mass is 9.59. The average Bonchev–Trinajstić information content (AvgIpc) is 3.43. The van der Waals surface area contributed by atoms with Crippen LogP contribution in [0.3, 0.4) is 0 Å². The normalized spacial score (nSPS) is 44.1. The van der Waals surface area contributed by atoms with Crippen LogP contribution in [0.5, 0.6) is 0 Å². The van der Waals surface area contributed by atoms with Crippen LogP contribution in [0.15, 0.2) is 54.1 Å². The Morgan fingerprint density at radius 2 is 1.85 bits per heavy atom. The standard InChI is InChI=1S/C28H33NO5/c1-16-9-8-12-20-25-27(4,34-25)18(3)23-21(15-19-10-6-5-7-11-19)29-26(32)28(20,23)33-22(30)14-13-17(2)24(16)31/h5-8,10-13,16,18,20-21,23,25H,9,14-15H2,1-4H3,(H,29,32)/b12-8-,17-13-/t16-,18+,20+,21-,23+,25-,27+,28+/m1/s1. The molecular weight excluding hydrogens is 430 g/mol. The Kier molecular flexibility index (Phi) is 5.55. The van der Waals surface area contributed by atoms with Crippen molar-refractivity contribution in [2.45, 2.75) is 70.3 Å². The number of allylic oxidation sites excluding steroid dienone is 2. The first kappa shape index (κ1) is 23.0. The zero-order chi connectivity index (χ0) is 24.3. The van der Waals surface area contributed by atoms with Gasteiger partial charge in [-0.05, 0) is 43.7 Å². The fourth-order valence-electron chi connectivity index (χ4n) is 6.50. The van der Waals surface area contributed by atoms with Gasteiger partial charge in [0.2, 0.25) is 5.60 Å². The maximum absolute atomic E-state index is 13.8. The molecule has 6 heteroatoms. The highest BCUT2D eigenvalue weighted by Gasteiger charge is 2.78. The first-order chi connectivity index (χ1) is 16.2. The molecule has 34 heavy (non-hydrogen) atoms. The van der Waals surface area contributed by atoms with Crippen LogP contribution in [0.2, 0.25) is 0 Å². The third kappa shape index (κ3) is 3.46. The van der Waals surface area contributed by atoms with Gasteiger partial charge in [0, 0.05) is 17.9 Å². The maximum Gasteiger partial charge on any atom is 0.310 e. The van der Waals surface area contributed by atoms with Crippen LogP contribution in [0.25, 0.3) is 0 Å². The number of benzene rings is 1. The Labute approximate surface area is 200 Å². The number of esters is 1. The van der Waals surface area contributed by atoms with Gasteiger partial charge < -0.3 is 14.8 Å².